The number of hydrogen-bond acceptors (Lipinski definition) is 2. The van der Waals surface area contributed by atoms with E-state index in [-0.39, 0.29) is 18.2 Å². The smallest absolute Gasteiger partial charge is 0.165 e. The Morgan fingerprint density at radius 2 is 2.17 bits per heavy atom. The number of nitrogens with zero attached hydrogens (tertiary/aromatic N) is 2. The molecule has 1 heterocycles. The second kappa shape index (κ2) is 5.52. The SMILES string of the molecule is CC(C)n1ccc(COc2cc(Br)ccc2F)n1. The fraction of sp³-hybridized carbons (Fsp3) is 0.308. The molecule has 18 heavy (non-hydrogen) atoms. The highest BCUT2D eigenvalue weighted by atomic mass is 79.9. The minimum absolute atomic E-state index is 0.225. The molecule has 1 aromatic heterocycles. The van der Waals surface area contributed by atoms with E-state index in [1.165, 1.54) is 6.07 Å². The first-order valence-corrected chi connectivity index (χ1v) is 6.47. The molecule has 0 amide bonds. The molecule has 1 aromatic carbocycles. The number of hydrogen-bond donors (Lipinski definition) is 0. The van der Waals surface area contributed by atoms with Gasteiger partial charge in [0.1, 0.15) is 6.61 Å². The molecule has 5 heteroatoms. The lowest BCUT2D eigenvalue weighted by Crippen LogP contribution is -2.03. The van der Waals surface area contributed by atoms with Crippen LogP contribution in [0.5, 0.6) is 5.75 Å². The quantitative estimate of drug-likeness (QED) is 0.855. The van der Waals surface area contributed by atoms with Gasteiger partial charge in [0.15, 0.2) is 11.6 Å². The van der Waals surface area contributed by atoms with Crippen molar-refractivity contribution in [3.63, 3.8) is 0 Å². The minimum atomic E-state index is -0.374. The summed E-state index contributed by atoms with van der Waals surface area (Å²) in [4.78, 5) is 0. The lowest BCUT2D eigenvalue weighted by atomic mass is 10.3. The van der Waals surface area contributed by atoms with Crippen molar-refractivity contribution in [2.75, 3.05) is 0 Å². The third kappa shape index (κ3) is 3.10. The fourth-order valence-electron chi connectivity index (χ4n) is 1.48. The van der Waals surface area contributed by atoms with Crippen LogP contribution in [0.2, 0.25) is 0 Å². The molecule has 2 aromatic rings. The Kier molecular flexibility index (Phi) is 4.01. The van der Waals surface area contributed by atoms with Gasteiger partial charge in [-0.15, -0.1) is 0 Å². The van der Waals surface area contributed by atoms with Gasteiger partial charge in [0.2, 0.25) is 0 Å². The van der Waals surface area contributed by atoms with Gasteiger partial charge in [-0.2, -0.15) is 5.10 Å². The summed E-state index contributed by atoms with van der Waals surface area (Å²) in [6.07, 6.45) is 1.89. The molecular weight excluding hydrogens is 299 g/mol. The van der Waals surface area contributed by atoms with E-state index in [1.54, 1.807) is 12.1 Å². The molecule has 96 valence electrons. The van der Waals surface area contributed by atoms with E-state index in [1.807, 2.05) is 30.8 Å². The van der Waals surface area contributed by atoms with E-state index in [2.05, 4.69) is 21.0 Å². The molecule has 0 saturated carbocycles. The maximum Gasteiger partial charge on any atom is 0.165 e. The predicted octanol–water partition coefficient (Wildman–Crippen LogP) is 3.94. The number of rotatable bonds is 4. The van der Waals surface area contributed by atoms with Crippen LogP contribution in [0, 0.1) is 5.82 Å². The Morgan fingerprint density at radius 3 is 2.83 bits per heavy atom. The molecule has 0 spiro atoms. The highest BCUT2D eigenvalue weighted by molar-refractivity contribution is 9.10. The molecule has 0 aliphatic carbocycles. The summed E-state index contributed by atoms with van der Waals surface area (Å²) in [5.41, 5.74) is 0.781. The first-order chi connectivity index (χ1) is 8.56. The van der Waals surface area contributed by atoms with Crippen LogP contribution in [0.25, 0.3) is 0 Å². The van der Waals surface area contributed by atoms with Gasteiger partial charge in [-0.25, -0.2) is 4.39 Å². The van der Waals surface area contributed by atoms with Gasteiger partial charge < -0.3 is 4.74 Å². The lowest BCUT2D eigenvalue weighted by molar-refractivity contribution is 0.283. The Balaban J connectivity index is 2.04. The van der Waals surface area contributed by atoms with E-state index in [0.29, 0.717) is 6.04 Å². The van der Waals surface area contributed by atoms with Gasteiger partial charge in [0.25, 0.3) is 0 Å². The summed E-state index contributed by atoms with van der Waals surface area (Å²) in [6.45, 7) is 4.35. The van der Waals surface area contributed by atoms with Gasteiger partial charge in [0.05, 0.1) is 5.69 Å². The zero-order chi connectivity index (χ0) is 13.1. The maximum absolute atomic E-state index is 13.4. The summed E-state index contributed by atoms with van der Waals surface area (Å²) < 4.78 is 21.5. The molecular formula is C13H14BrFN2O. The molecule has 2 rings (SSSR count). The van der Waals surface area contributed by atoms with Crippen molar-refractivity contribution in [1.82, 2.24) is 9.78 Å². The van der Waals surface area contributed by atoms with Crippen molar-refractivity contribution in [3.05, 3.63) is 46.4 Å². The van der Waals surface area contributed by atoms with Crippen molar-refractivity contribution in [1.29, 1.82) is 0 Å². The number of halogens is 2. The molecule has 0 N–H and O–H groups in total. The van der Waals surface area contributed by atoms with Crippen molar-refractivity contribution in [3.8, 4) is 5.75 Å². The van der Waals surface area contributed by atoms with Crippen LogP contribution in [-0.2, 0) is 6.61 Å². The van der Waals surface area contributed by atoms with E-state index < -0.39 is 0 Å². The average Bonchev–Trinajstić information content (AvgIpc) is 2.79. The van der Waals surface area contributed by atoms with E-state index in [9.17, 15) is 4.39 Å². The first kappa shape index (κ1) is 13.1. The third-order valence-corrected chi connectivity index (χ3v) is 2.95. The topological polar surface area (TPSA) is 27.1 Å². The van der Waals surface area contributed by atoms with E-state index >= 15 is 0 Å². The summed E-state index contributed by atoms with van der Waals surface area (Å²) in [7, 11) is 0. The number of aromatic nitrogens is 2. The summed E-state index contributed by atoms with van der Waals surface area (Å²) in [6, 6.07) is 6.79. The Hall–Kier alpha value is -1.36. The van der Waals surface area contributed by atoms with Gasteiger partial charge >= 0.3 is 0 Å². The second-order valence-corrected chi connectivity index (χ2v) is 5.16. The minimum Gasteiger partial charge on any atom is -0.484 e. The number of benzene rings is 1. The van der Waals surface area contributed by atoms with Crippen LogP contribution in [0.1, 0.15) is 25.6 Å². The Morgan fingerprint density at radius 1 is 1.39 bits per heavy atom. The molecule has 0 unspecified atom stereocenters. The molecule has 0 aliphatic rings. The fourth-order valence-corrected chi connectivity index (χ4v) is 1.82. The molecule has 0 saturated heterocycles. The second-order valence-electron chi connectivity index (χ2n) is 4.24. The summed E-state index contributed by atoms with van der Waals surface area (Å²) >= 11 is 3.28. The lowest BCUT2D eigenvalue weighted by Gasteiger charge is -2.06. The van der Waals surface area contributed by atoms with Crippen molar-refractivity contribution in [2.45, 2.75) is 26.5 Å². The van der Waals surface area contributed by atoms with E-state index in [4.69, 9.17) is 4.74 Å². The predicted molar refractivity (Wildman–Crippen MR) is 71.0 cm³/mol. The zero-order valence-corrected chi connectivity index (χ0v) is 11.8. The largest absolute Gasteiger partial charge is 0.484 e. The molecule has 0 radical (unpaired) electrons. The van der Waals surface area contributed by atoms with Gasteiger partial charge in [-0.1, -0.05) is 15.9 Å². The van der Waals surface area contributed by atoms with Crippen LogP contribution in [0.4, 0.5) is 4.39 Å². The van der Waals surface area contributed by atoms with Gasteiger partial charge in [-0.3, -0.25) is 4.68 Å². The first-order valence-electron chi connectivity index (χ1n) is 5.68. The van der Waals surface area contributed by atoms with E-state index in [0.717, 1.165) is 10.2 Å². The van der Waals surface area contributed by atoms with Crippen LogP contribution in [-0.4, -0.2) is 9.78 Å². The highest BCUT2D eigenvalue weighted by Crippen LogP contribution is 2.23. The Labute approximate surface area is 114 Å². The van der Waals surface area contributed by atoms with Crippen molar-refractivity contribution < 1.29 is 9.13 Å². The molecule has 0 atom stereocenters. The number of ether oxygens (including phenoxy) is 1. The van der Waals surface area contributed by atoms with Crippen molar-refractivity contribution in [2.24, 2.45) is 0 Å². The van der Waals surface area contributed by atoms with Gasteiger partial charge in [0, 0.05) is 16.7 Å². The standard InChI is InChI=1S/C13H14BrFN2O/c1-9(2)17-6-5-11(16-17)8-18-13-7-10(14)3-4-12(13)15/h3-7,9H,8H2,1-2H3. The van der Waals surface area contributed by atoms with Crippen LogP contribution in [0.3, 0.4) is 0 Å². The zero-order valence-electron chi connectivity index (χ0n) is 10.2. The maximum atomic E-state index is 13.4. The molecule has 3 nitrogen and oxygen atoms in total. The summed E-state index contributed by atoms with van der Waals surface area (Å²) in [5, 5.41) is 4.33. The monoisotopic (exact) mass is 312 g/mol. The normalized spacial score (nSPS) is 10.9. The van der Waals surface area contributed by atoms with Gasteiger partial charge in [-0.05, 0) is 38.1 Å². The average molecular weight is 313 g/mol. The van der Waals surface area contributed by atoms with Crippen LogP contribution >= 0.6 is 15.9 Å². The molecule has 0 bridgehead atoms. The molecule has 0 aliphatic heterocycles. The summed E-state index contributed by atoms with van der Waals surface area (Å²) in [5.74, 6) is -0.148. The van der Waals surface area contributed by atoms with Crippen molar-refractivity contribution >= 4 is 15.9 Å². The van der Waals surface area contributed by atoms with Crippen LogP contribution in [0.15, 0.2) is 34.9 Å². The Bertz CT molecular complexity index is 540. The van der Waals surface area contributed by atoms with Crippen LogP contribution < -0.4 is 4.74 Å². The molecule has 0 fully saturated rings. The third-order valence-electron chi connectivity index (χ3n) is 2.46. The highest BCUT2D eigenvalue weighted by Gasteiger charge is 2.06.